The average molecular weight is 618 g/mol. The van der Waals surface area contributed by atoms with E-state index < -0.39 is 36.1 Å². The van der Waals surface area contributed by atoms with Crippen LogP contribution in [0.25, 0.3) is 0 Å². The van der Waals surface area contributed by atoms with Crippen LogP contribution in [-0.4, -0.2) is 78.5 Å². The molecule has 6 rings (SSSR count). The molecule has 11 nitrogen and oxygen atoms in total. The summed E-state index contributed by atoms with van der Waals surface area (Å²) in [6.07, 6.45) is -3.15. The number of hydrogen-bond acceptors (Lipinski definition) is 9. The standard InChI is InChI=1S/C20H18O8.C13H17N3.CH4/c1-11-3-7-13(8-4-11)19(25)27-15(17(21)22)16(18(23)24)28-20(26)14-9-5-12(2)6-10-14;1-2-9-10-8-14-5-4-12(10)16-7-6-15-11(3-1)13(9)16;/h3-10,15-16H,1-2H3,(H,21,22)(H,23,24);1-3,10,12,14-15H,4-8H2;1H4/t15-,16-;10-,12-;/m10./s1. The highest BCUT2D eigenvalue weighted by molar-refractivity contribution is 5.95. The highest BCUT2D eigenvalue weighted by Gasteiger charge is 2.42. The number of nitrogens with zero attached hydrogens (tertiary/aromatic N) is 1. The van der Waals surface area contributed by atoms with E-state index in [0.29, 0.717) is 5.92 Å². The summed E-state index contributed by atoms with van der Waals surface area (Å²) in [5.41, 5.74) is 6.19. The van der Waals surface area contributed by atoms with E-state index in [1.165, 1.54) is 55.2 Å². The molecule has 0 unspecified atom stereocenters. The van der Waals surface area contributed by atoms with Crippen molar-refractivity contribution in [2.75, 3.05) is 36.4 Å². The summed E-state index contributed by atoms with van der Waals surface area (Å²) in [6.45, 7) is 8.17. The number of para-hydroxylation sites is 1. The lowest BCUT2D eigenvalue weighted by Crippen LogP contribution is -2.46. The lowest BCUT2D eigenvalue weighted by molar-refractivity contribution is -0.166. The smallest absolute Gasteiger partial charge is 0.349 e. The predicted molar refractivity (Wildman–Crippen MR) is 169 cm³/mol. The molecular weight excluding hydrogens is 578 g/mol. The zero-order valence-corrected chi connectivity index (χ0v) is 24.5. The first-order chi connectivity index (χ1) is 21.1. The third kappa shape index (κ3) is 7.26. The van der Waals surface area contributed by atoms with Gasteiger partial charge in [0.05, 0.1) is 22.5 Å². The van der Waals surface area contributed by atoms with Gasteiger partial charge in [-0.25, -0.2) is 19.2 Å². The van der Waals surface area contributed by atoms with Crippen molar-refractivity contribution in [1.82, 2.24) is 5.32 Å². The third-order valence-electron chi connectivity index (χ3n) is 8.07. The van der Waals surface area contributed by atoms with Crippen LogP contribution in [0.3, 0.4) is 0 Å². The number of carbonyl (C=O) groups is 4. The lowest BCUT2D eigenvalue weighted by Gasteiger charge is -2.36. The van der Waals surface area contributed by atoms with Crippen molar-refractivity contribution in [2.24, 2.45) is 0 Å². The second kappa shape index (κ2) is 14.3. The van der Waals surface area contributed by atoms with Crippen LogP contribution >= 0.6 is 0 Å². The zero-order chi connectivity index (χ0) is 31.4. The molecule has 0 saturated carbocycles. The van der Waals surface area contributed by atoms with Crippen molar-refractivity contribution in [2.45, 2.75) is 51.9 Å². The summed E-state index contributed by atoms with van der Waals surface area (Å²) in [4.78, 5) is 50.0. The van der Waals surface area contributed by atoms with E-state index in [0.717, 1.165) is 30.3 Å². The minimum Gasteiger partial charge on any atom is -0.478 e. The molecule has 3 aliphatic rings. The Morgan fingerprint density at radius 3 is 1.84 bits per heavy atom. The van der Waals surface area contributed by atoms with Crippen LogP contribution in [0.5, 0.6) is 0 Å². The highest BCUT2D eigenvalue weighted by Crippen LogP contribution is 2.48. The van der Waals surface area contributed by atoms with Crippen molar-refractivity contribution in [1.29, 1.82) is 0 Å². The van der Waals surface area contributed by atoms with Crippen molar-refractivity contribution in [3.05, 3.63) is 94.5 Å². The first kappa shape index (κ1) is 33.0. The Bertz CT molecular complexity index is 1460. The van der Waals surface area contributed by atoms with Gasteiger partial charge in [-0.15, -0.1) is 0 Å². The Hall–Kier alpha value is -4.90. The van der Waals surface area contributed by atoms with Gasteiger partial charge < -0.3 is 35.2 Å². The van der Waals surface area contributed by atoms with E-state index >= 15 is 0 Å². The maximum atomic E-state index is 12.2. The number of aliphatic carboxylic acids is 2. The number of carboxylic acids is 2. The van der Waals surface area contributed by atoms with Gasteiger partial charge in [-0.2, -0.15) is 0 Å². The first-order valence-electron chi connectivity index (χ1n) is 14.5. The molecule has 3 aromatic carbocycles. The van der Waals surface area contributed by atoms with Gasteiger partial charge in [0.15, 0.2) is 0 Å². The molecule has 3 aliphatic heterocycles. The summed E-state index contributed by atoms with van der Waals surface area (Å²) in [6, 6.07) is 19.5. The Kier molecular flexibility index (Phi) is 10.5. The fourth-order valence-electron chi connectivity index (χ4n) is 5.84. The number of fused-ring (bicyclic) bond motifs is 3. The lowest BCUT2D eigenvalue weighted by atomic mass is 9.90. The summed E-state index contributed by atoms with van der Waals surface area (Å²) in [5.74, 6) is -4.91. The summed E-state index contributed by atoms with van der Waals surface area (Å²) >= 11 is 0. The monoisotopic (exact) mass is 617 g/mol. The molecule has 0 spiro atoms. The van der Waals surface area contributed by atoms with Crippen molar-refractivity contribution in [3.63, 3.8) is 0 Å². The van der Waals surface area contributed by atoms with Crippen molar-refractivity contribution >= 4 is 35.3 Å². The van der Waals surface area contributed by atoms with Crippen molar-refractivity contribution < 1.29 is 38.9 Å². The quantitative estimate of drug-likeness (QED) is 0.282. The fraction of sp³-hybridized carbons (Fsp3) is 0.353. The van der Waals surface area contributed by atoms with E-state index in [-0.39, 0.29) is 18.6 Å². The molecule has 45 heavy (non-hydrogen) atoms. The number of carbonyl (C=O) groups excluding carboxylic acids is 2. The molecular formula is C34H39N3O8. The van der Waals surface area contributed by atoms with Crippen LogP contribution in [0.4, 0.5) is 11.4 Å². The summed E-state index contributed by atoms with van der Waals surface area (Å²) in [7, 11) is 0. The number of carboxylic acid groups (broad SMARTS) is 2. The molecule has 1 fully saturated rings. The first-order valence-corrected chi connectivity index (χ1v) is 14.5. The molecule has 0 bridgehead atoms. The number of piperidine rings is 1. The van der Waals surface area contributed by atoms with Crippen LogP contribution in [-0.2, 0) is 19.1 Å². The molecule has 4 atom stereocenters. The van der Waals surface area contributed by atoms with Gasteiger partial charge in [0, 0.05) is 31.6 Å². The van der Waals surface area contributed by atoms with Crippen LogP contribution in [0, 0.1) is 13.8 Å². The molecule has 11 heteroatoms. The topological polar surface area (TPSA) is 154 Å². The molecule has 0 aliphatic carbocycles. The molecule has 0 aromatic heterocycles. The minimum absolute atomic E-state index is 0. The second-order valence-electron chi connectivity index (χ2n) is 11.1. The molecule has 3 aromatic rings. The third-order valence-corrected chi connectivity index (χ3v) is 8.07. The van der Waals surface area contributed by atoms with Crippen LogP contribution < -0.4 is 15.5 Å². The van der Waals surface area contributed by atoms with Crippen molar-refractivity contribution in [3.8, 4) is 0 Å². The van der Waals surface area contributed by atoms with E-state index in [2.05, 4.69) is 33.7 Å². The summed E-state index contributed by atoms with van der Waals surface area (Å²) < 4.78 is 9.64. The maximum absolute atomic E-state index is 12.2. The Morgan fingerprint density at radius 1 is 0.800 bits per heavy atom. The van der Waals surface area contributed by atoms with Gasteiger partial charge in [0.25, 0.3) is 0 Å². The molecule has 3 heterocycles. The Labute approximate surface area is 262 Å². The number of nitrogens with one attached hydrogen (secondary N) is 2. The molecule has 238 valence electrons. The number of aryl methyl sites for hydroxylation is 2. The maximum Gasteiger partial charge on any atom is 0.349 e. The van der Waals surface area contributed by atoms with E-state index in [1.807, 2.05) is 0 Å². The molecule has 0 radical (unpaired) electrons. The highest BCUT2D eigenvalue weighted by atomic mass is 16.6. The Balaban J connectivity index is 0.000000227. The van der Waals surface area contributed by atoms with Crippen LogP contribution in [0.2, 0.25) is 0 Å². The van der Waals surface area contributed by atoms with E-state index in [1.54, 1.807) is 43.7 Å². The summed E-state index contributed by atoms with van der Waals surface area (Å²) in [5, 5.41) is 25.7. The SMILES string of the molecule is C.Cc1ccc(C(=O)O[C@@H](C(=O)O)[C@@H](OC(=O)c2ccc(C)cc2)C(=O)O)cc1.c1cc2c3c(c1)[C@@H]1CNCC[C@@H]1N3CCN2. The number of rotatable bonds is 7. The van der Waals surface area contributed by atoms with Gasteiger partial charge >= 0.3 is 23.9 Å². The number of hydrogen-bond donors (Lipinski definition) is 4. The molecule has 0 amide bonds. The van der Waals surface area contributed by atoms with Gasteiger partial charge in [0.1, 0.15) is 0 Å². The van der Waals surface area contributed by atoms with Crippen LogP contribution in [0.15, 0.2) is 66.7 Å². The minimum atomic E-state index is -2.22. The predicted octanol–water partition coefficient (Wildman–Crippen LogP) is 4.24. The van der Waals surface area contributed by atoms with E-state index in [9.17, 15) is 29.4 Å². The van der Waals surface area contributed by atoms with E-state index in [4.69, 9.17) is 9.47 Å². The van der Waals surface area contributed by atoms with Gasteiger partial charge in [0.2, 0.25) is 12.2 Å². The Morgan fingerprint density at radius 2 is 1.33 bits per heavy atom. The van der Waals surface area contributed by atoms with Gasteiger partial charge in [-0.1, -0.05) is 55.0 Å². The van der Waals surface area contributed by atoms with Gasteiger partial charge in [-0.3, -0.25) is 0 Å². The fourth-order valence-corrected chi connectivity index (χ4v) is 5.84. The largest absolute Gasteiger partial charge is 0.478 e. The zero-order valence-electron chi connectivity index (χ0n) is 24.5. The second-order valence-corrected chi connectivity index (χ2v) is 11.1. The van der Waals surface area contributed by atoms with Crippen LogP contribution in [0.1, 0.15) is 57.2 Å². The van der Waals surface area contributed by atoms with Gasteiger partial charge in [-0.05, 0) is 62.7 Å². The molecule has 1 saturated heterocycles. The number of benzene rings is 3. The number of anilines is 2. The number of esters is 2. The normalized spacial score (nSPS) is 18.7. The average Bonchev–Trinajstić information content (AvgIpc) is 3.35. The molecule has 4 N–H and O–H groups in total. The number of ether oxygens (including phenoxy) is 2.